The Hall–Kier alpha value is -1.10. The molecule has 3 N–H and O–H groups in total. The molecule has 2 rings (SSSR count). The van der Waals surface area contributed by atoms with Gasteiger partial charge in [-0.05, 0) is 25.9 Å². The van der Waals surface area contributed by atoms with Crippen molar-refractivity contribution in [1.29, 1.82) is 0 Å². The van der Waals surface area contributed by atoms with Gasteiger partial charge in [-0.25, -0.2) is 0 Å². The number of nitrogens with two attached hydrogens (primary N) is 1. The average Bonchev–Trinajstić information content (AvgIpc) is 2.68. The number of carbonyl (C=O) groups is 1. The van der Waals surface area contributed by atoms with Gasteiger partial charge in [0.2, 0.25) is 5.91 Å². The predicted molar refractivity (Wildman–Crippen MR) is 53.8 cm³/mol. The standard InChI is InChI=1S/C9H16N4O/c10-9(14)7-5-12-13(6-7)8-1-3-11-4-2-8/h5,7-8,11H,1-4,6H2,(H2,10,14). The molecule has 0 aromatic heterocycles. The van der Waals surface area contributed by atoms with Crippen LogP contribution in [0.3, 0.4) is 0 Å². The van der Waals surface area contributed by atoms with E-state index in [2.05, 4.69) is 10.4 Å². The van der Waals surface area contributed by atoms with Crippen molar-refractivity contribution in [3.63, 3.8) is 0 Å². The normalized spacial score (nSPS) is 28.3. The van der Waals surface area contributed by atoms with Crippen LogP contribution in [0.4, 0.5) is 0 Å². The van der Waals surface area contributed by atoms with Crippen LogP contribution in [0.25, 0.3) is 0 Å². The molecule has 14 heavy (non-hydrogen) atoms. The molecule has 1 atom stereocenters. The van der Waals surface area contributed by atoms with Crippen LogP contribution in [0.2, 0.25) is 0 Å². The largest absolute Gasteiger partial charge is 0.369 e. The van der Waals surface area contributed by atoms with Gasteiger partial charge in [0.05, 0.1) is 12.5 Å². The summed E-state index contributed by atoms with van der Waals surface area (Å²) in [6, 6.07) is 0.483. The molecule has 0 aliphatic carbocycles. The Kier molecular flexibility index (Phi) is 2.67. The highest BCUT2D eigenvalue weighted by Gasteiger charge is 2.28. The van der Waals surface area contributed by atoms with Gasteiger partial charge in [0.15, 0.2) is 0 Å². The van der Waals surface area contributed by atoms with E-state index < -0.39 is 0 Å². The summed E-state index contributed by atoms with van der Waals surface area (Å²) in [6.45, 7) is 2.75. The minimum absolute atomic E-state index is 0.190. The number of nitrogens with one attached hydrogen (secondary N) is 1. The maximum Gasteiger partial charge on any atom is 0.227 e. The van der Waals surface area contributed by atoms with Gasteiger partial charge in [-0.2, -0.15) is 5.10 Å². The van der Waals surface area contributed by atoms with Crippen LogP contribution in [0.1, 0.15) is 12.8 Å². The van der Waals surface area contributed by atoms with Crippen LogP contribution in [-0.2, 0) is 4.79 Å². The molecule has 0 spiro atoms. The first-order valence-corrected chi connectivity index (χ1v) is 5.08. The van der Waals surface area contributed by atoms with E-state index in [0.29, 0.717) is 12.6 Å². The number of hydrogen-bond acceptors (Lipinski definition) is 4. The minimum atomic E-state index is -0.273. The summed E-state index contributed by atoms with van der Waals surface area (Å²) in [7, 11) is 0. The topological polar surface area (TPSA) is 70.7 Å². The highest BCUT2D eigenvalue weighted by atomic mass is 16.1. The molecule has 2 aliphatic heterocycles. The summed E-state index contributed by atoms with van der Waals surface area (Å²) >= 11 is 0. The van der Waals surface area contributed by atoms with E-state index in [1.165, 1.54) is 0 Å². The van der Waals surface area contributed by atoms with Gasteiger partial charge in [-0.3, -0.25) is 9.80 Å². The summed E-state index contributed by atoms with van der Waals surface area (Å²) < 4.78 is 0. The molecule has 1 saturated heterocycles. The van der Waals surface area contributed by atoms with Gasteiger partial charge in [0.1, 0.15) is 0 Å². The van der Waals surface area contributed by atoms with Crippen molar-refractivity contribution < 1.29 is 4.79 Å². The van der Waals surface area contributed by atoms with E-state index in [4.69, 9.17) is 5.73 Å². The van der Waals surface area contributed by atoms with Crippen LogP contribution in [-0.4, -0.2) is 42.8 Å². The van der Waals surface area contributed by atoms with E-state index in [1.807, 2.05) is 5.01 Å². The van der Waals surface area contributed by atoms with Crippen molar-refractivity contribution >= 4 is 12.1 Å². The molecule has 1 amide bonds. The van der Waals surface area contributed by atoms with E-state index in [0.717, 1.165) is 25.9 Å². The van der Waals surface area contributed by atoms with Gasteiger partial charge in [-0.1, -0.05) is 0 Å². The predicted octanol–water partition coefficient (Wildman–Crippen LogP) is -0.859. The maximum absolute atomic E-state index is 10.9. The number of primary amides is 1. The second-order valence-corrected chi connectivity index (χ2v) is 3.88. The third kappa shape index (κ3) is 1.87. The van der Waals surface area contributed by atoms with Crippen molar-refractivity contribution in [2.75, 3.05) is 19.6 Å². The SMILES string of the molecule is NC(=O)C1C=NN(C2CCNCC2)C1. The molecule has 0 bridgehead atoms. The lowest BCUT2D eigenvalue weighted by Gasteiger charge is -2.30. The summed E-state index contributed by atoms with van der Waals surface area (Å²) in [5.74, 6) is -0.463. The van der Waals surface area contributed by atoms with Crippen molar-refractivity contribution in [2.45, 2.75) is 18.9 Å². The van der Waals surface area contributed by atoms with Crippen LogP contribution >= 0.6 is 0 Å². The summed E-state index contributed by atoms with van der Waals surface area (Å²) in [5.41, 5.74) is 5.22. The molecule has 0 saturated carbocycles. The Bertz CT molecular complexity index is 247. The fraction of sp³-hybridized carbons (Fsp3) is 0.778. The lowest BCUT2D eigenvalue weighted by atomic mass is 10.1. The monoisotopic (exact) mass is 196 g/mol. The van der Waals surface area contributed by atoms with Crippen LogP contribution < -0.4 is 11.1 Å². The molecule has 2 heterocycles. The smallest absolute Gasteiger partial charge is 0.227 e. The first kappa shape index (κ1) is 9.45. The first-order chi connectivity index (χ1) is 6.77. The molecule has 78 valence electrons. The van der Waals surface area contributed by atoms with E-state index in [-0.39, 0.29) is 11.8 Å². The third-order valence-electron chi connectivity index (χ3n) is 2.87. The maximum atomic E-state index is 10.9. The molecule has 2 aliphatic rings. The highest BCUT2D eigenvalue weighted by molar-refractivity contribution is 5.93. The fourth-order valence-electron chi connectivity index (χ4n) is 1.97. The van der Waals surface area contributed by atoms with Crippen molar-refractivity contribution in [2.24, 2.45) is 16.8 Å². The average molecular weight is 196 g/mol. The summed E-state index contributed by atoms with van der Waals surface area (Å²) in [4.78, 5) is 10.9. The zero-order valence-corrected chi connectivity index (χ0v) is 8.15. The van der Waals surface area contributed by atoms with Crippen LogP contribution in [0.15, 0.2) is 5.10 Å². The highest BCUT2D eigenvalue weighted by Crippen LogP contribution is 2.17. The molecular formula is C9H16N4O. The first-order valence-electron chi connectivity index (χ1n) is 5.08. The second kappa shape index (κ2) is 3.96. The Morgan fingerprint density at radius 2 is 2.21 bits per heavy atom. The van der Waals surface area contributed by atoms with Gasteiger partial charge in [0, 0.05) is 12.3 Å². The van der Waals surface area contributed by atoms with Crippen molar-refractivity contribution in [3.05, 3.63) is 0 Å². The Morgan fingerprint density at radius 3 is 2.79 bits per heavy atom. The van der Waals surface area contributed by atoms with Crippen molar-refractivity contribution in [1.82, 2.24) is 10.3 Å². The Morgan fingerprint density at radius 1 is 1.50 bits per heavy atom. The van der Waals surface area contributed by atoms with Crippen molar-refractivity contribution in [3.8, 4) is 0 Å². The molecule has 1 fully saturated rings. The van der Waals surface area contributed by atoms with E-state index in [9.17, 15) is 4.79 Å². The molecule has 5 nitrogen and oxygen atoms in total. The zero-order chi connectivity index (χ0) is 9.97. The lowest BCUT2D eigenvalue weighted by molar-refractivity contribution is -0.120. The lowest BCUT2D eigenvalue weighted by Crippen LogP contribution is -2.41. The number of nitrogens with zero attached hydrogens (tertiary/aromatic N) is 2. The van der Waals surface area contributed by atoms with Gasteiger partial charge in [0.25, 0.3) is 0 Å². The molecule has 1 unspecified atom stereocenters. The Labute approximate surface area is 83.3 Å². The number of rotatable bonds is 2. The fourth-order valence-corrected chi connectivity index (χ4v) is 1.97. The number of carbonyl (C=O) groups excluding carboxylic acids is 1. The molecule has 0 aromatic carbocycles. The molecule has 0 aromatic rings. The summed E-state index contributed by atoms with van der Waals surface area (Å²) in [5, 5.41) is 9.55. The molecule has 0 radical (unpaired) electrons. The number of amides is 1. The number of hydrazone groups is 1. The van der Waals surface area contributed by atoms with Gasteiger partial charge in [-0.15, -0.1) is 0 Å². The molecule has 5 heteroatoms. The second-order valence-electron chi connectivity index (χ2n) is 3.88. The van der Waals surface area contributed by atoms with Gasteiger partial charge < -0.3 is 11.1 Å². The Balaban J connectivity index is 1.89. The van der Waals surface area contributed by atoms with Gasteiger partial charge >= 0.3 is 0 Å². The molecular weight excluding hydrogens is 180 g/mol. The number of hydrogen-bond donors (Lipinski definition) is 2. The summed E-state index contributed by atoms with van der Waals surface area (Å²) in [6.07, 6.45) is 3.87. The quantitative estimate of drug-likeness (QED) is 0.604. The van der Waals surface area contributed by atoms with Crippen LogP contribution in [0.5, 0.6) is 0 Å². The van der Waals surface area contributed by atoms with E-state index >= 15 is 0 Å². The van der Waals surface area contributed by atoms with Crippen LogP contribution in [0, 0.1) is 5.92 Å². The minimum Gasteiger partial charge on any atom is -0.369 e. The third-order valence-corrected chi connectivity index (χ3v) is 2.87. The number of piperidine rings is 1. The van der Waals surface area contributed by atoms with E-state index in [1.54, 1.807) is 6.21 Å². The zero-order valence-electron chi connectivity index (χ0n) is 8.15.